The van der Waals surface area contributed by atoms with Crippen LogP contribution in [0.2, 0.25) is 0 Å². The summed E-state index contributed by atoms with van der Waals surface area (Å²) in [5, 5.41) is 8.96. The zero-order chi connectivity index (χ0) is 15.4. The van der Waals surface area contributed by atoms with E-state index in [4.69, 9.17) is 5.11 Å². The number of carbonyl (C=O) groups is 3. The standard InChI is InChI=1S/C15H24N2O4/c1-2-4-13(18)16-8-3-5-11(9-16)15(21)17(10-14(19)20)12-6-7-12/h11-12H,2-10H2,1H3,(H,19,20). The summed E-state index contributed by atoms with van der Waals surface area (Å²) < 4.78 is 0. The number of carboxylic acid groups (broad SMARTS) is 1. The van der Waals surface area contributed by atoms with Gasteiger partial charge in [0.1, 0.15) is 6.54 Å². The lowest BCUT2D eigenvalue weighted by atomic mass is 9.96. The first-order valence-electron chi connectivity index (χ1n) is 7.83. The minimum Gasteiger partial charge on any atom is -0.480 e. The second-order valence-corrected chi connectivity index (χ2v) is 6.02. The van der Waals surface area contributed by atoms with Crippen LogP contribution >= 0.6 is 0 Å². The molecule has 2 fully saturated rings. The molecule has 0 aromatic rings. The Morgan fingerprint density at radius 2 is 1.95 bits per heavy atom. The van der Waals surface area contributed by atoms with Gasteiger partial charge >= 0.3 is 5.97 Å². The smallest absolute Gasteiger partial charge is 0.323 e. The first-order chi connectivity index (χ1) is 10.0. The third kappa shape index (κ3) is 4.19. The van der Waals surface area contributed by atoms with Gasteiger partial charge in [0.25, 0.3) is 0 Å². The van der Waals surface area contributed by atoms with E-state index in [0.717, 1.165) is 32.1 Å². The van der Waals surface area contributed by atoms with Crippen LogP contribution in [0, 0.1) is 5.92 Å². The first-order valence-corrected chi connectivity index (χ1v) is 7.83. The van der Waals surface area contributed by atoms with E-state index in [1.54, 1.807) is 4.90 Å². The van der Waals surface area contributed by atoms with E-state index in [1.807, 2.05) is 6.92 Å². The molecule has 0 radical (unpaired) electrons. The molecule has 2 rings (SSSR count). The number of piperidine rings is 1. The van der Waals surface area contributed by atoms with E-state index >= 15 is 0 Å². The average Bonchev–Trinajstić information content (AvgIpc) is 3.29. The molecule has 1 aliphatic carbocycles. The lowest BCUT2D eigenvalue weighted by Crippen LogP contribution is -2.48. The van der Waals surface area contributed by atoms with Crippen LogP contribution in [-0.4, -0.2) is 58.4 Å². The molecule has 21 heavy (non-hydrogen) atoms. The average molecular weight is 296 g/mol. The second kappa shape index (κ2) is 6.91. The highest BCUT2D eigenvalue weighted by molar-refractivity contribution is 5.85. The molecule has 1 atom stereocenters. The summed E-state index contributed by atoms with van der Waals surface area (Å²) in [5.74, 6) is -1.19. The van der Waals surface area contributed by atoms with Gasteiger partial charge in [-0.2, -0.15) is 0 Å². The Hall–Kier alpha value is -1.59. The van der Waals surface area contributed by atoms with Crippen molar-refractivity contribution in [1.29, 1.82) is 0 Å². The molecule has 0 aromatic carbocycles. The first kappa shape index (κ1) is 15.8. The Labute approximate surface area is 125 Å². The van der Waals surface area contributed by atoms with Crippen molar-refractivity contribution in [3.63, 3.8) is 0 Å². The summed E-state index contributed by atoms with van der Waals surface area (Å²) in [5.41, 5.74) is 0. The van der Waals surface area contributed by atoms with Gasteiger partial charge in [0, 0.05) is 25.6 Å². The van der Waals surface area contributed by atoms with Crippen molar-refractivity contribution in [2.24, 2.45) is 5.92 Å². The van der Waals surface area contributed by atoms with Crippen LogP contribution in [0.5, 0.6) is 0 Å². The molecule has 0 bridgehead atoms. The zero-order valence-corrected chi connectivity index (χ0v) is 12.6. The fourth-order valence-corrected chi connectivity index (χ4v) is 2.93. The Balaban J connectivity index is 1.97. The molecule has 1 saturated heterocycles. The van der Waals surface area contributed by atoms with Crippen LogP contribution in [0.1, 0.15) is 45.4 Å². The fraction of sp³-hybridized carbons (Fsp3) is 0.800. The number of aliphatic carboxylic acids is 1. The van der Waals surface area contributed by atoms with Crippen LogP contribution in [0.3, 0.4) is 0 Å². The van der Waals surface area contributed by atoms with E-state index in [1.165, 1.54) is 4.90 Å². The van der Waals surface area contributed by atoms with Crippen LogP contribution in [-0.2, 0) is 14.4 Å². The number of hydrogen-bond acceptors (Lipinski definition) is 3. The summed E-state index contributed by atoms with van der Waals surface area (Å²) in [6.07, 6.45) is 4.67. The van der Waals surface area contributed by atoms with Crippen LogP contribution < -0.4 is 0 Å². The predicted molar refractivity (Wildman–Crippen MR) is 76.6 cm³/mol. The van der Waals surface area contributed by atoms with Crippen molar-refractivity contribution in [2.75, 3.05) is 19.6 Å². The minimum absolute atomic E-state index is 0.0890. The second-order valence-electron chi connectivity index (χ2n) is 6.02. The summed E-state index contributed by atoms with van der Waals surface area (Å²) in [6, 6.07) is 0.0929. The maximum absolute atomic E-state index is 12.6. The Bertz CT molecular complexity index is 420. The highest BCUT2D eigenvalue weighted by atomic mass is 16.4. The van der Waals surface area contributed by atoms with Crippen molar-refractivity contribution in [1.82, 2.24) is 9.80 Å². The van der Waals surface area contributed by atoms with Gasteiger partial charge in [0.15, 0.2) is 0 Å². The minimum atomic E-state index is -0.968. The third-order valence-corrected chi connectivity index (χ3v) is 4.16. The monoisotopic (exact) mass is 296 g/mol. The van der Waals surface area contributed by atoms with Gasteiger partial charge in [-0.15, -0.1) is 0 Å². The molecule has 6 nitrogen and oxygen atoms in total. The maximum atomic E-state index is 12.6. The number of amides is 2. The normalized spacial score (nSPS) is 22.0. The van der Waals surface area contributed by atoms with E-state index in [2.05, 4.69) is 0 Å². The number of hydrogen-bond donors (Lipinski definition) is 1. The molecule has 1 N–H and O–H groups in total. The van der Waals surface area contributed by atoms with Crippen molar-refractivity contribution in [3.8, 4) is 0 Å². The zero-order valence-electron chi connectivity index (χ0n) is 12.6. The SMILES string of the molecule is CCCC(=O)N1CCCC(C(=O)N(CC(=O)O)C2CC2)C1. The maximum Gasteiger partial charge on any atom is 0.323 e. The molecule has 1 heterocycles. The molecule has 118 valence electrons. The van der Waals surface area contributed by atoms with Gasteiger partial charge in [-0.25, -0.2) is 0 Å². The molecule has 2 aliphatic rings. The number of nitrogens with zero attached hydrogens (tertiary/aromatic N) is 2. The molecular weight excluding hydrogens is 272 g/mol. The molecular formula is C15H24N2O4. The van der Waals surface area contributed by atoms with Gasteiger partial charge in [0.2, 0.25) is 11.8 Å². The fourth-order valence-electron chi connectivity index (χ4n) is 2.93. The quantitative estimate of drug-likeness (QED) is 0.796. The number of rotatable bonds is 6. The molecule has 1 saturated carbocycles. The van der Waals surface area contributed by atoms with Gasteiger partial charge in [-0.05, 0) is 32.1 Å². The molecule has 0 spiro atoms. The Morgan fingerprint density at radius 3 is 2.52 bits per heavy atom. The molecule has 2 amide bonds. The van der Waals surface area contributed by atoms with E-state index < -0.39 is 5.97 Å². The van der Waals surface area contributed by atoms with Crippen molar-refractivity contribution in [2.45, 2.75) is 51.5 Å². The van der Waals surface area contributed by atoms with Gasteiger partial charge in [0.05, 0.1) is 5.92 Å². The van der Waals surface area contributed by atoms with Crippen molar-refractivity contribution in [3.05, 3.63) is 0 Å². The van der Waals surface area contributed by atoms with Crippen LogP contribution in [0.15, 0.2) is 0 Å². The van der Waals surface area contributed by atoms with Gasteiger partial charge < -0.3 is 14.9 Å². The van der Waals surface area contributed by atoms with Crippen molar-refractivity contribution >= 4 is 17.8 Å². The van der Waals surface area contributed by atoms with Gasteiger partial charge in [-0.1, -0.05) is 6.92 Å². The van der Waals surface area contributed by atoms with E-state index in [-0.39, 0.29) is 30.3 Å². The largest absolute Gasteiger partial charge is 0.480 e. The number of carbonyl (C=O) groups excluding carboxylic acids is 2. The lowest BCUT2D eigenvalue weighted by molar-refractivity contribution is -0.149. The summed E-state index contributed by atoms with van der Waals surface area (Å²) in [6.45, 7) is 2.90. The topological polar surface area (TPSA) is 77.9 Å². The van der Waals surface area contributed by atoms with Crippen molar-refractivity contribution < 1.29 is 19.5 Å². The molecule has 6 heteroatoms. The molecule has 1 unspecified atom stereocenters. The molecule has 0 aromatic heterocycles. The van der Waals surface area contributed by atoms with Gasteiger partial charge in [-0.3, -0.25) is 14.4 Å². The number of carboxylic acids is 1. The highest BCUT2D eigenvalue weighted by Crippen LogP contribution is 2.30. The van der Waals surface area contributed by atoms with E-state index in [0.29, 0.717) is 19.5 Å². The predicted octanol–water partition coefficient (Wildman–Crippen LogP) is 1.10. The van der Waals surface area contributed by atoms with Crippen LogP contribution in [0.4, 0.5) is 0 Å². The lowest BCUT2D eigenvalue weighted by Gasteiger charge is -2.34. The Kier molecular flexibility index (Phi) is 5.20. The van der Waals surface area contributed by atoms with Crippen LogP contribution in [0.25, 0.3) is 0 Å². The third-order valence-electron chi connectivity index (χ3n) is 4.16. The summed E-state index contributed by atoms with van der Waals surface area (Å²) >= 11 is 0. The van der Waals surface area contributed by atoms with E-state index in [9.17, 15) is 14.4 Å². The molecule has 1 aliphatic heterocycles. The Morgan fingerprint density at radius 1 is 1.24 bits per heavy atom. The number of likely N-dealkylation sites (tertiary alicyclic amines) is 1. The summed E-state index contributed by atoms with van der Waals surface area (Å²) in [4.78, 5) is 38.7. The highest BCUT2D eigenvalue weighted by Gasteiger charge is 2.38. The summed E-state index contributed by atoms with van der Waals surface area (Å²) in [7, 11) is 0.